The third kappa shape index (κ3) is 2.43. The van der Waals surface area contributed by atoms with Crippen molar-refractivity contribution in [2.24, 2.45) is 45.3 Å². The molecule has 0 radical (unpaired) electrons. The van der Waals surface area contributed by atoms with Crippen LogP contribution >= 0.6 is 0 Å². The van der Waals surface area contributed by atoms with E-state index in [1.54, 1.807) is 0 Å². The van der Waals surface area contributed by atoms with Crippen LogP contribution in [0.2, 0.25) is 0 Å². The van der Waals surface area contributed by atoms with Crippen molar-refractivity contribution >= 4 is 11.8 Å². The number of hydrogen-bond donors (Lipinski definition) is 0. The lowest BCUT2D eigenvalue weighted by Gasteiger charge is -2.41. The summed E-state index contributed by atoms with van der Waals surface area (Å²) in [7, 11) is 0. The van der Waals surface area contributed by atoms with E-state index in [4.69, 9.17) is 0 Å². The summed E-state index contributed by atoms with van der Waals surface area (Å²) >= 11 is 0. The monoisotopic (exact) mass is 466 g/mol. The van der Waals surface area contributed by atoms with Gasteiger partial charge in [-0.3, -0.25) is 9.59 Å². The van der Waals surface area contributed by atoms with Gasteiger partial charge in [0, 0.05) is 37.0 Å². The summed E-state index contributed by atoms with van der Waals surface area (Å²) in [6.45, 7) is 11.8. The average molecular weight is 467 g/mol. The zero-order valence-corrected chi connectivity index (χ0v) is 22.1. The van der Waals surface area contributed by atoms with Gasteiger partial charge in [0.05, 0.1) is 0 Å². The van der Waals surface area contributed by atoms with Gasteiger partial charge in [-0.15, -0.1) is 0 Å². The maximum atomic E-state index is 13.9. The van der Waals surface area contributed by atoms with Crippen molar-refractivity contribution in [3.8, 4) is 0 Å². The lowest BCUT2D eigenvalue weighted by Crippen LogP contribution is -2.48. The van der Waals surface area contributed by atoms with E-state index in [1.807, 2.05) is 0 Å². The fraction of sp³-hybridized carbons (Fsp3) is 0.933. The Kier molecular flexibility index (Phi) is 4.45. The van der Waals surface area contributed by atoms with Crippen molar-refractivity contribution in [2.75, 3.05) is 13.1 Å². The number of carbonyl (C=O) groups excluding carboxylic acids is 2. The van der Waals surface area contributed by atoms with Crippen LogP contribution in [0.4, 0.5) is 0 Å². The highest BCUT2D eigenvalue weighted by molar-refractivity contribution is 5.83. The molecule has 2 unspecified atom stereocenters. The van der Waals surface area contributed by atoms with Gasteiger partial charge in [0.15, 0.2) is 0 Å². The van der Waals surface area contributed by atoms with Crippen LogP contribution in [-0.2, 0) is 9.59 Å². The van der Waals surface area contributed by atoms with E-state index in [0.29, 0.717) is 45.6 Å². The van der Waals surface area contributed by atoms with Crippen LogP contribution in [0, 0.1) is 45.3 Å². The first-order valence-electron chi connectivity index (χ1n) is 14.7. The zero-order valence-electron chi connectivity index (χ0n) is 22.1. The molecule has 0 aromatic heterocycles. The highest BCUT2D eigenvalue weighted by atomic mass is 16.2. The minimum absolute atomic E-state index is 0.0770. The van der Waals surface area contributed by atoms with Gasteiger partial charge in [0.25, 0.3) is 0 Å². The van der Waals surface area contributed by atoms with E-state index in [-0.39, 0.29) is 11.8 Å². The van der Waals surface area contributed by atoms with Crippen LogP contribution in [0.5, 0.6) is 0 Å². The molecule has 5 aliphatic carbocycles. The average Bonchev–Trinajstić information content (AvgIpc) is 3.61. The molecule has 2 heterocycles. The number of fused-ring (bicyclic) bond motifs is 2. The van der Waals surface area contributed by atoms with Crippen molar-refractivity contribution in [3.05, 3.63) is 0 Å². The number of nitrogens with zero attached hydrogens (tertiary/aromatic N) is 2. The van der Waals surface area contributed by atoms with Crippen LogP contribution in [-0.4, -0.2) is 46.8 Å². The van der Waals surface area contributed by atoms with Crippen molar-refractivity contribution in [3.63, 3.8) is 0 Å². The largest absolute Gasteiger partial charge is 0.339 e. The van der Waals surface area contributed by atoms with E-state index in [2.05, 4.69) is 37.5 Å². The first-order chi connectivity index (χ1) is 16.1. The predicted octanol–water partition coefficient (Wildman–Crippen LogP) is 5.65. The maximum absolute atomic E-state index is 13.9. The Morgan fingerprint density at radius 3 is 1.47 bits per heavy atom. The zero-order chi connectivity index (χ0) is 23.7. The number of likely N-dealkylation sites (tertiary alicyclic amines) is 2. The first-order valence-corrected chi connectivity index (χ1v) is 14.7. The van der Waals surface area contributed by atoms with Gasteiger partial charge in [-0.25, -0.2) is 0 Å². The third-order valence-electron chi connectivity index (χ3n) is 14.1. The molecular weight excluding hydrogens is 420 g/mol. The topological polar surface area (TPSA) is 40.6 Å². The number of hydrogen-bond acceptors (Lipinski definition) is 2. The summed E-state index contributed by atoms with van der Waals surface area (Å²) in [5, 5.41) is 0. The molecule has 2 saturated heterocycles. The predicted molar refractivity (Wildman–Crippen MR) is 133 cm³/mol. The molecular formula is C30H46N2O2. The lowest BCUT2D eigenvalue weighted by molar-refractivity contribution is -0.143. The molecule has 2 aliphatic heterocycles. The van der Waals surface area contributed by atoms with Crippen molar-refractivity contribution in [1.29, 1.82) is 0 Å². The summed E-state index contributed by atoms with van der Waals surface area (Å²) in [5.74, 6) is 2.55. The van der Waals surface area contributed by atoms with Gasteiger partial charge in [-0.05, 0) is 104 Å². The summed E-state index contributed by atoms with van der Waals surface area (Å²) in [6.07, 6.45) is 14.1. The summed E-state index contributed by atoms with van der Waals surface area (Å²) < 4.78 is 0. The number of amides is 2. The Labute approximate surface area is 206 Å². The Morgan fingerprint density at radius 2 is 1.06 bits per heavy atom. The molecule has 4 nitrogen and oxygen atoms in total. The Balaban J connectivity index is 1.05. The molecule has 34 heavy (non-hydrogen) atoms. The molecule has 4 heteroatoms. The quantitative estimate of drug-likeness (QED) is 0.528. The van der Waals surface area contributed by atoms with Crippen molar-refractivity contribution < 1.29 is 9.59 Å². The third-order valence-corrected chi connectivity index (χ3v) is 14.1. The van der Waals surface area contributed by atoms with Crippen LogP contribution in [0.15, 0.2) is 0 Å². The molecule has 5 saturated carbocycles. The standard InChI is InChI=1S/C30H46N2O2/c1-27(2)21-8-10-29(27)12-14-31(23(29)17-21)25(33)19-6-5-7-20(16-19)26(34)32-15-13-30-11-9-22(18-24(30)32)28(30,3)4/h19-24H,5-18H2,1-4H3/t19-,20-,21?,22?,23-,24-,29-,30-/m0/s1. The number of rotatable bonds is 2. The van der Waals surface area contributed by atoms with Gasteiger partial charge in [-0.2, -0.15) is 0 Å². The molecule has 7 fully saturated rings. The second-order valence-corrected chi connectivity index (χ2v) is 14.9. The van der Waals surface area contributed by atoms with Crippen LogP contribution in [0.3, 0.4) is 0 Å². The van der Waals surface area contributed by atoms with E-state index in [9.17, 15) is 9.59 Å². The molecule has 2 spiro atoms. The summed E-state index contributed by atoms with van der Waals surface area (Å²) in [6, 6.07) is 0.944. The van der Waals surface area contributed by atoms with E-state index >= 15 is 0 Å². The highest BCUT2D eigenvalue weighted by Crippen LogP contribution is 2.71. The molecule has 0 aromatic carbocycles. The SMILES string of the molecule is CC1(C)C2CC[C@@]13CCN(C(=O)[C@H]1CCC[C@H](C(=O)N4CC[C@@]56CCC(C[C@H]45)C6(C)C)C1)[C@H]3C2. The van der Waals surface area contributed by atoms with Gasteiger partial charge in [0.1, 0.15) is 0 Å². The smallest absolute Gasteiger partial charge is 0.225 e. The molecule has 188 valence electrons. The van der Waals surface area contributed by atoms with Gasteiger partial charge in [0.2, 0.25) is 11.8 Å². The minimum Gasteiger partial charge on any atom is -0.339 e. The normalized spacial score (nSPS) is 49.5. The fourth-order valence-corrected chi connectivity index (χ4v) is 11.7. The molecule has 7 rings (SSSR count). The Morgan fingerprint density at radius 1 is 0.618 bits per heavy atom. The maximum Gasteiger partial charge on any atom is 0.225 e. The van der Waals surface area contributed by atoms with E-state index < -0.39 is 0 Å². The molecule has 0 aromatic rings. The van der Waals surface area contributed by atoms with Gasteiger partial charge in [-0.1, -0.05) is 34.1 Å². The van der Waals surface area contributed by atoms with E-state index in [0.717, 1.165) is 50.6 Å². The molecule has 4 bridgehead atoms. The van der Waals surface area contributed by atoms with E-state index in [1.165, 1.54) is 51.4 Å². The number of carbonyl (C=O) groups is 2. The van der Waals surface area contributed by atoms with Crippen molar-refractivity contribution in [2.45, 2.75) is 117 Å². The lowest BCUT2D eigenvalue weighted by atomic mass is 9.67. The van der Waals surface area contributed by atoms with Crippen molar-refractivity contribution in [1.82, 2.24) is 9.80 Å². The van der Waals surface area contributed by atoms with Gasteiger partial charge < -0.3 is 9.80 Å². The molecule has 0 N–H and O–H groups in total. The van der Waals surface area contributed by atoms with Crippen LogP contribution in [0.25, 0.3) is 0 Å². The Bertz CT molecular complexity index is 853. The first kappa shape index (κ1) is 22.2. The minimum atomic E-state index is 0.0770. The summed E-state index contributed by atoms with van der Waals surface area (Å²) in [5.41, 5.74) is 1.52. The van der Waals surface area contributed by atoms with Crippen LogP contribution in [0.1, 0.15) is 105 Å². The molecule has 8 atom stereocenters. The summed E-state index contributed by atoms with van der Waals surface area (Å²) in [4.78, 5) is 32.4. The fourth-order valence-electron chi connectivity index (χ4n) is 11.7. The molecule has 2 amide bonds. The highest BCUT2D eigenvalue weighted by Gasteiger charge is 2.69. The second kappa shape index (κ2) is 6.82. The van der Waals surface area contributed by atoms with Gasteiger partial charge >= 0.3 is 0 Å². The van der Waals surface area contributed by atoms with Crippen LogP contribution < -0.4 is 0 Å². The Hall–Kier alpha value is -1.06. The second-order valence-electron chi connectivity index (χ2n) is 14.9. The molecule has 7 aliphatic rings.